The van der Waals surface area contributed by atoms with Gasteiger partial charge in [-0.3, -0.25) is 4.79 Å². The molecule has 2 heterocycles. The fraction of sp³-hybridized carbons (Fsp3) is 0.0938. The molecule has 0 aliphatic rings. The molecule has 8 nitrogen and oxygen atoms in total. The van der Waals surface area contributed by atoms with Crippen molar-refractivity contribution in [2.24, 2.45) is 5.10 Å². The lowest BCUT2D eigenvalue weighted by atomic mass is 10.2. The van der Waals surface area contributed by atoms with Crippen LogP contribution in [-0.4, -0.2) is 30.1 Å². The van der Waals surface area contributed by atoms with E-state index in [0.717, 1.165) is 10.9 Å². The van der Waals surface area contributed by atoms with Crippen LogP contribution in [0.5, 0.6) is 17.2 Å². The van der Waals surface area contributed by atoms with Crippen molar-refractivity contribution < 1.29 is 18.6 Å². The van der Waals surface area contributed by atoms with E-state index in [2.05, 4.69) is 5.10 Å². The summed E-state index contributed by atoms with van der Waals surface area (Å²) in [5.74, 6) is 2.09. The Bertz CT molecular complexity index is 1960. The largest absolute Gasteiger partial charge is 0.496 e. The summed E-state index contributed by atoms with van der Waals surface area (Å²) in [6.07, 6.45) is 1.50. The first-order valence-electron chi connectivity index (χ1n) is 12.7. The number of hydrogen-bond acceptors (Lipinski definition) is 7. The van der Waals surface area contributed by atoms with E-state index in [1.807, 2.05) is 54.6 Å². The van der Waals surface area contributed by atoms with Gasteiger partial charge in [0.15, 0.2) is 17.3 Å². The second kappa shape index (κ2) is 11.2. The number of furan rings is 1. The van der Waals surface area contributed by atoms with E-state index >= 15 is 0 Å². The molecule has 2 aromatic heterocycles. The predicted molar refractivity (Wildman–Crippen MR) is 160 cm³/mol. The van der Waals surface area contributed by atoms with E-state index in [-0.39, 0.29) is 11.4 Å². The van der Waals surface area contributed by atoms with E-state index in [9.17, 15) is 4.79 Å². The molecule has 0 unspecified atom stereocenters. The summed E-state index contributed by atoms with van der Waals surface area (Å²) in [6.45, 7) is 0.295. The zero-order chi connectivity index (χ0) is 28.3. The maximum absolute atomic E-state index is 13.7. The molecule has 0 N–H and O–H groups in total. The average molecular weight is 566 g/mol. The van der Waals surface area contributed by atoms with Gasteiger partial charge in [-0.05, 0) is 42.0 Å². The Labute approximate surface area is 240 Å². The number of fused-ring (bicyclic) bond motifs is 2. The third kappa shape index (κ3) is 5.13. The van der Waals surface area contributed by atoms with Crippen LogP contribution in [0, 0.1) is 0 Å². The highest BCUT2D eigenvalue weighted by molar-refractivity contribution is 6.31. The Morgan fingerprint density at radius 2 is 1.68 bits per heavy atom. The molecule has 41 heavy (non-hydrogen) atoms. The Kier molecular flexibility index (Phi) is 7.14. The minimum absolute atomic E-state index is 0.226. The van der Waals surface area contributed by atoms with Gasteiger partial charge in [0.1, 0.15) is 17.9 Å². The number of rotatable bonds is 8. The quantitative estimate of drug-likeness (QED) is 0.186. The van der Waals surface area contributed by atoms with Gasteiger partial charge in [0.25, 0.3) is 5.56 Å². The van der Waals surface area contributed by atoms with E-state index in [0.29, 0.717) is 56.7 Å². The molecule has 0 saturated carbocycles. The second-order valence-electron chi connectivity index (χ2n) is 9.10. The van der Waals surface area contributed by atoms with Crippen molar-refractivity contribution in [1.29, 1.82) is 0 Å². The lowest BCUT2D eigenvalue weighted by molar-refractivity contribution is 0.284. The van der Waals surface area contributed by atoms with Gasteiger partial charge in [0.2, 0.25) is 5.82 Å². The van der Waals surface area contributed by atoms with Crippen molar-refractivity contribution in [3.05, 3.63) is 117 Å². The lowest BCUT2D eigenvalue weighted by Crippen LogP contribution is -2.20. The minimum atomic E-state index is -0.366. The fourth-order valence-corrected chi connectivity index (χ4v) is 4.77. The number of nitrogens with zero attached hydrogens (tertiary/aromatic N) is 3. The molecule has 0 aliphatic heterocycles. The van der Waals surface area contributed by atoms with Crippen LogP contribution < -0.4 is 19.8 Å². The number of para-hydroxylation sites is 1. The lowest BCUT2D eigenvalue weighted by Gasteiger charge is -2.14. The highest BCUT2D eigenvalue weighted by Gasteiger charge is 2.19. The highest BCUT2D eigenvalue weighted by Crippen LogP contribution is 2.35. The first-order valence-corrected chi connectivity index (χ1v) is 13.1. The summed E-state index contributed by atoms with van der Waals surface area (Å²) in [5.41, 5.74) is 2.23. The smallest absolute Gasteiger partial charge is 0.282 e. The van der Waals surface area contributed by atoms with Crippen LogP contribution in [0.4, 0.5) is 0 Å². The molecule has 0 fully saturated rings. The zero-order valence-electron chi connectivity index (χ0n) is 22.2. The Hall–Kier alpha value is -5.08. The van der Waals surface area contributed by atoms with Crippen molar-refractivity contribution in [1.82, 2.24) is 9.66 Å². The molecule has 0 saturated heterocycles. The normalized spacial score (nSPS) is 11.4. The van der Waals surface area contributed by atoms with Gasteiger partial charge in [-0.15, -0.1) is 0 Å². The molecule has 9 heteroatoms. The van der Waals surface area contributed by atoms with Gasteiger partial charge in [0.05, 0.1) is 36.7 Å². The van der Waals surface area contributed by atoms with Crippen LogP contribution >= 0.6 is 11.6 Å². The molecule has 4 aromatic carbocycles. The van der Waals surface area contributed by atoms with Crippen molar-refractivity contribution >= 4 is 39.7 Å². The van der Waals surface area contributed by atoms with Crippen LogP contribution in [0.15, 0.2) is 105 Å². The summed E-state index contributed by atoms with van der Waals surface area (Å²) < 4.78 is 24.5. The first-order chi connectivity index (χ1) is 20.1. The van der Waals surface area contributed by atoms with E-state index < -0.39 is 0 Å². The number of methoxy groups -OCH3 is 2. The van der Waals surface area contributed by atoms with E-state index in [4.69, 9.17) is 35.2 Å². The number of halogens is 1. The van der Waals surface area contributed by atoms with Gasteiger partial charge in [0, 0.05) is 16.7 Å². The van der Waals surface area contributed by atoms with Crippen LogP contribution in [0.25, 0.3) is 33.5 Å². The minimum Gasteiger partial charge on any atom is -0.496 e. The highest BCUT2D eigenvalue weighted by atomic mass is 35.5. The van der Waals surface area contributed by atoms with Gasteiger partial charge < -0.3 is 18.6 Å². The van der Waals surface area contributed by atoms with E-state index in [1.54, 1.807) is 43.5 Å². The Morgan fingerprint density at radius 1 is 0.902 bits per heavy atom. The monoisotopic (exact) mass is 565 g/mol. The fourth-order valence-electron chi connectivity index (χ4n) is 4.55. The Morgan fingerprint density at radius 3 is 2.49 bits per heavy atom. The number of benzene rings is 4. The van der Waals surface area contributed by atoms with Crippen molar-refractivity contribution in [2.45, 2.75) is 6.61 Å². The third-order valence-electron chi connectivity index (χ3n) is 6.52. The zero-order valence-corrected chi connectivity index (χ0v) is 23.0. The maximum atomic E-state index is 13.7. The van der Waals surface area contributed by atoms with Crippen molar-refractivity contribution in [3.8, 4) is 28.8 Å². The molecule has 0 spiro atoms. The van der Waals surface area contributed by atoms with Crippen molar-refractivity contribution in [3.63, 3.8) is 0 Å². The summed E-state index contributed by atoms with van der Waals surface area (Å²) in [7, 11) is 3.13. The molecular weight excluding hydrogens is 542 g/mol. The molecule has 0 bridgehead atoms. The van der Waals surface area contributed by atoms with E-state index in [1.165, 1.54) is 18.0 Å². The van der Waals surface area contributed by atoms with Gasteiger partial charge in [-0.2, -0.15) is 9.78 Å². The molecule has 6 aromatic rings. The Balaban J connectivity index is 1.50. The standard InChI is InChI=1S/C32H24ClN3O5/c1-38-26-13-8-14-27-24(26)17-29(41-27)31-35-25-12-7-6-11-23(25)32(37)36(31)34-18-21-15-22(33)16-28(39-2)30(21)40-19-20-9-4-3-5-10-20/h3-18H,19H2,1-2H3. The first kappa shape index (κ1) is 26.2. The molecule has 0 radical (unpaired) electrons. The molecule has 0 amide bonds. The molecule has 0 aliphatic carbocycles. The van der Waals surface area contributed by atoms with Crippen LogP contribution in [-0.2, 0) is 6.61 Å². The summed E-state index contributed by atoms with van der Waals surface area (Å²) in [6, 6.07) is 27.5. The summed E-state index contributed by atoms with van der Waals surface area (Å²) in [5, 5.41) is 6.16. The average Bonchev–Trinajstić information content (AvgIpc) is 3.45. The number of aromatic nitrogens is 2. The number of ether oxygens (including phenoxy) is 3. The molecule has 6 rings (SSSR count). The van der Waals surface area contributed by atoms with Crippen LogP contribution in [0.3, 0.4) is 0 Å². The molecule has 0 atom stereocenters. The summed E-state index contributed by atoms with van der Waals surface area (Å²) in [4.78, 5) is 18.5. The second-order valence-corrected chi connectivity index (χ2v) is 9.53. The van der Waals surface area contributed by atoms with Crippen molar-refractivity contribution in [2.75, 3.05) is 14.2 Å². The van der Waals surface area contributed by atoms with Gasteiger partial charge in [-0.25, -0.2) is 4.98 Å². The maximum Gasteiger partial charge on any atom is 0.282 e. The van der Waals surface area contributed by atoms with Gasteiger partial charge in [-0.1, -0.05) is 60.1 Å². The number of hydrogen-bond donors (Lipinski definition) is 0. The SMILES string of the molecule is COc1cc(Cl)cc(C=Nn2c(-c3cc4c(OC)cccc4o3)nc3ccccc3c2=O)c1OCc1ccccc1. The topological polar surface area (TPSA) is 88.1 Å². The van der Waals surface area contributed by atoms with Crippen LogP contribution in [0.2, 0.25) is 5.02 Å². The predicted octanol–water partition coefficient (Wildman–Crippen LogP) is 6.94. The molecular formula is C32H24ClN3O5. The van der Waals surface area contributed by atoms with Crippen LogP contribution in [0.1, 0.15) is 11.1 Å². The third-order valence-corrected chi connectivity index (χ3v) is 6.74. The summed E-state index contributed by atoms with van der Waals surface area (Å²) >= 11 is 6.40. The molecule has 204 valence electrons. The van der Waals surface area contributed by atoms with Gasteiger partial charge >= 0.3 is 0 Å².